The van der Waals surface area contributed by atoms with Crippen molar-refractivity contribution in [3.63, 3.8) is 0 Å². The van der Waals surface area contributed by atoms with Crippen LogP contribution in [0.3, 0.4) is 0 Å². The average Bonchev–Trinajstić information content (AvgIpc) is 2.60. The number of nitrogens with one attached hydrogen (secondary N) is 1. The molecule has 1 N–H and O–H groups in total. The van der Waals surface area contributed by atoms with E-state index < -0.39 is 23.7 Å². The maximum atomic E-state index is 12.7. The molecular formula is C24H37NO4. The molecule has 0 saturated heterocycles. The topological polar surface area (TPSA) is 64.6 Å². The Labute approximate surface area is 175 Å². The lowest BCUT2D eigenvalue weighted by atomic mass is 9.64. The van der Waals surface area contributed by atoms with Crippen molar-refractivity contribution < 1.29 is 19.1 Å². The number of hydrogen-bond donors (Lipinski definition) is 1. The van der Waals surface area contributed by atoms with Crippen LogP contribution in [-0.2, 0) is 19.7 Å². The van der Waals surface area contributed by atoms with Crippen molar-refractivity contribution in [3.05, 3.63) is 35.9 Å². The minimum Gasteiger partial charge on any atom is -0.461 e. The highest BCUT2D eigenvalue weighted by Gasteiger charge is 2.42. The van der Waals surface area contributed by atoms with Gasteiger partial charge in [0.15, 0.2) is 0 Å². The summed E-state index contributed by atoms with van der Waals surface area (Å²) in [4.78, 5) is 24.7. The van der Waals surface area contributed by atoms with Gasteiger partial charge in [-0.25, -0.2) is 9.59 Å². The Morgan fingerprint density at radius 3 is 2.28 bits per heavy atom. The number of amides is 1. The fourth-order valence-corrected chi connectivity index (χ4v) is 4.16. The molecule has 162 valence electrons. The molecule has 0 radical (unpaired) electrons. The predicted molar refractivity (Wildman–Crippen MR) is 115 cm³/mol. The molecule has 1 aromatic carbocycles. The first-order valence-corrected chi connectivity index (χ1v) is 10.7. The second-order valence-corrected chi connectivity index (χ2v) is 9.96. The SMILES string of the molecule is C[C@@H]1CC[C@@H](C(C)(C)c2ccccc2)[C@H](OC(=O)[C@@H](C)NC(=O)OC(C)(C)C)C1. The Morgan fingerprint density at radius 1 is 1.07 bits per heavy atom. The van der Waals surface area contributed by atoms with Gasteiger partial charge >= 0.3 is 12.1 Å². The first-order chi connectivity index (χ1) is 13.4. The minimum absolute atomic E-state index is 0.117. The third-order valence-corrected chi connectivity index (χ3v) is 5.85. The number of benzene rings is 1. The number of rotatable bonds is 5. The average molecular weight is 404 g/mol. The Kier molecular flexibility index (Phi) is 7.36. The molecule has 1 aromatic rings. The Morgan fingerprint density at radius 2 is 1.69 bits per heavy atom. The highest BCUT2D eigenvalue weighted by Crippen LogP contribution is 2.43. The number of carbonyl (C=O) groups excluding carboxylic acids is 2. The van der Waals surface area contributed by atoms with Gasteiger partial charge in [-0.15, -0.1) is 0 Å². The lowest BCUT2D eigenvalue weighted by Crippen LogP contribution is -2.47. The standard InChI is InChI=1S/C24H37NO4/c1-16-13-14-19(24(6,7)18-11-9-8-10-12-18)20(15-16)28-21(26)17(2)25-22(27)29-23(3,4)5/h8-12,16-17,19-20H,13-15H2,1-7H3,(H,25,27)/t16-,17-,19-,20-/m1/s1. The molecule has 0 aliphatic heterocycles. The predicted octanol–water partition coefficient (Wildman–Crippen LogP) is 5.23. The first kappa shape index (κ1) is 23.2. The highest BCUT2D eigenvalue weighted by atomic mass is 16.6. The number of alkyl carbamates (subject to hydrolysis) is 1. The van der Waals surface area contributed by atoms with E-state index in [0.717, 1.165) is 19.3 Å². The molecule has 5 nitrogen and oxygen atoms in total. The Hall–Kier alpha value is -2.04. The van der Waals surface area contributed by atoms with E-state index in [9.17, 15) is 9.59 Å². The molecule has 2 rings (SSSR count). The monoisotopic (exact) mass is 403 g/mol. The van der Waals surface area contributed by atoms with E-state index in [1.54, 1.807) is 27.7 Å². The molecule has 1 aliphatic carbocycles. The Balaban J connectivity index is 2.09. The van der Waals surface area contributed by atoms with Gasteiger partial charge in [0.25, 0.3) is 0 Å². The van der Waals surface area contributed by atoms with Crippen LogP contribution in [0.5, 0.6) is 0 Å². The van der Waals surface area contributed by atoms with E-state index in [1.165, 1.54) is 5.56 Å². The van der Waals surface area contributed by atoms with E-state index in [0.29, 0.717) is 5.92 Å². The van der Waals surface area contributed by atoms with Crippen LogP contribution in [0, 0.1) is 11.8 Å². The third-order valence-electron chi connectivity index (χ3n) is 5.85. The van der Waals surface area contributed by atoms with Crippen molar-refractivity contribution in [2.24, 2.45) is 11.8 Å². The van der Waals surface area contributed by atoms with Gasteiger partial charge in [0.2, 0.25) is 0 Å². The van der Waals surface area contributed by atoms with Crippen LogP contribution >= 0.6 is 0 Å². The fourth-order valence-electron chi connectivity index (χ4n) is 4.16. The van der Waals surface area contributed by atoms with Gasteiger partial charge < -0.3 is 14.8 Å². The van der Waals surface area contributed by atoms with Gasteiger partial charge in [-0.2, -0.15) is 0 Å². The van der Waals surface area contributed by atoms with Crippen LogP contribution in [0.15, 0.2) is 30.3 Å². The quantitative estimate of drug-likeness (QED) is 0.684. The molecular weight excluding hydrogens is 366 g/mol. The van der Waals surface area contributed by atoms with Gasteiger partial charge in [-0.3, -0.25) is 0 Å². The number of esters is 1. The fraction of sp³-hybridized carbons (Fsp3) is 0.667. The zero-order chi connectivity index (χ0) is 21.8. The Bertz CT molecular complexity index is 693. The summed E-state index contributed by atoms with van der Waals surface area (Å²) in [6, 6.07) is 9.65. The number of carbonyl (C=O) groups is 2. The van der Waals surface area contributed by atoms with Gasteiger partial charge in [0.1, 0.15) is 17.7 Å². The van der Waals surface area contributed by atoms with Crippen LogP contribution in [0.1, 0.15) is 73.3 Å². The molecule has 4 atom stereocenters. The van der Waals surface area contributed by atoms with Crippen molar-refractivity contribution in [2.45, 2.75) is 90.9 Å². The van der Waals surface area contributed by atoms with Gasteiger partial charge in [0, 0.05) is 5.92 Å². The zero-order valence-electron chi connectivity index (χ0n) is 19.0. The van der Waals surface area contributed by atoms with Gasteiger partial charge in [-0.05, 0) is 57.4 Å². The number of ether oxygens (including phenoxy) is 2. The van der Waals surface area contributed by atoms with Gasteiger partial charge in [-0.1, -0.05) is 57.5 Å². The van der Waals surface area contributed by atoms with E-state index >= 15 is 0 Å². The van der Waals surface area contributed by atoms with Gasteiger partial charge in [0.05, 0.1) is 0 Å². The maximum absolute atomic E-state index is 12.7. The molecule has 1 amide bonds. The smallest absolute Gasteiger partial charge is 0.408 e. The van der Waals surface area contributed by atoms with Crippen molar-refractivity contribution in [2.75, 3.05) is 0 Å². The maximum Gasteiger partial charge on any atom is 0.408 e. The highest BCUT2D eigenvalue weighted by molar-refractivity contribution is 5.81. The van der Waals surface area contributed by atoms with Crippen molar-refractivity contribution in [1.82, 2.24) is 5.32 Å². The molecule has 0 heterocycles. The second-order valence-electron chi connectivity index (χ2n) is 9.96. The zero-order valence-corrected chi connectivity index (χ0v) is 19.0. The van der Waals surface area contributed by atoms with Crippen LogP contribution in [0.25, 0.3) is 0 Å². The summed E-state index contributed by atoms with van der Waals surface area (Å²) in [6.45, 7) is 13.7. The number of hydrogen-bond acceptors (Lipinski definition) is 4. The molecule has 0 bridgehead atoms. The largest absolute Gasteiger partial charge is 0.461 e. The molecule has 29 heavy (non-hydrogen) atoms. The molecule has 5 heteroatoms. The molecule has 1 aliphatic rings. The summed E-state index contributed by atoms with van der Waals surface area (Å²) in [7, 11) is 0. The van der Waals surface area contributed by atoms with Crippen molar-refractivity contribution in [1.29, 1.82) is 0 Å². The summed E-state index contributed by atoms with van der Waals surface area (Å²) in [5.41, 5.74) is 0.520. The van der Waals surface area contributed by atoms with Crippen LogP contribution < -0.4 is 5.32 Å². The van der Waals surface area contributed by atoms with Crippen LogP contribution in [0.2, 0.25) is 0 Å². The third kappa shape index (κ3) is 6.48. The summed E-state index contributed by atoms with van der Waals surface area (Å²) in [6.07, 6.45) is 2.19. The van der Waals surface area contributed by atoms with Crippen LogP contribution in [-0.4, -0.2) is 29.8 Å². The van der Waals surface area contributed by atoms with Crippen molar-refractivity contribution >= 4 is 12.1 Å². The minimum atomic E-state index is -0.762. The molecule has 0 unspecified atom stereocenters. The molecule has 1 saturated carbocycles. The van der Waals surface area contributed by atoms with Crippen LogP contribution in [0.4, 0.5) is 4.79 Å². The lowest BCUT2D eigenvalue weighted by Gasteiger charge is -2.44. The lowest BCUT2D eigenvalue weighted by molar-refractivity contribution is -0.158. The molecule has 0 aromatic heterocycles. The van der Waals surface area contributed by atoms with Crippen molar-refractivity contribution in [3.8, 4) is 0 Å². The summed E-state index contributed by atoms with van der Waals surface area (Å²) >= 11 is 0. The van der Waals surface area contributed by atoms with E-state index in [-0.39, 0.29) is 17.4 Å². The molecule has 0 spiro atoms. The first-order valence-electron chi connectivity index (χ1n) is 10.7. The van der Waals surface area contributed by atoms with E-state index in [1.807, 2.05) is 6.07 Å². The second kappa shape index (κ2) is 9.19. The van der Waals surface area contributed by atoms with E-state index in [4.69, 9.17) is 9.47 Å². The summed E-state index contributed by atoms with van der Waals surface area (Å²) in [5, 5.41) is 2.59. The molecule has 1 fully saturated rings. The normalized spacial score (nSPS) is 23.8. The van der Waals surface area contributed by atoms with E-state index in [2.05, 4.69) is 50.4 Å². The summed E-state index contributed by atoms with van der Waals surface area (Å²) in [5.74, 6) is 0.312. The summed E-state index contributed by atoms with van der Waals surface area (Å²) < 4.78 is 11.2.